The van der Waals surface area contributed by atoms with E-state index in [1.165, 1.54) is 0 Å². The third-order valence-corrected chi connectivity index (χ3v) is 2.32. The van der Waals surface area contributed by atoms with Crippen molar-refractivity contribution in [3.8, 4) is 0 Å². The molecular formula is C9H15ClN2O. The molecule has 0 bridgehead atoms. The fourth-order valence-electron chi connectivity index (χ4n) is 1.13. The standard InChI is InChI=1S/C7H9ClN2O.C2H6/c1-5-7(8)2-9-10(5)6-3-11-4-6;1-2/h2,6H,3-4H2,1H3;1-2H3. The van der Waals surface area contributed by atoms with Crippen LogP contribution >= 0.6 is 11.6 Å². The quantitative estimate of drug-likeness (QED) is 0.700. The maximum Gasteiger partial charge on any atom is 0.0989 e. The maximum atomic E-state index is 5.83. The molecule has 0 saturated carbocycles. The van der Waals surface area contributed by atoms with E-state index in [-0.39, 0.29) is 0 Å². The molecule has 1 saturated heterocycles. The van der Waals surface area contributed by atoms with Gasteiger partial charge >= 0.3 is 0 Å². The Labute approximate surface area is 83.6 Å². The second-order valence-corrected chi connectivity index (χ2v) is 3.12. The lowest BCUT2D eigenvalue weighted by Gasteiger charge is -2.27. The summed E-state index contributed by atoms with van der Waals surface area (Å²) in [5.41, 5.74) is 1.03. The van der Waals surface area contributed by atoms with E-state index in [0.29, 0.717) is 6.04 Å². The highest BCUT2D eigenvalue weighted by atomic mass is 35.5. The summed E-state index contributed by atoms with van der Waals surface area (Å²) < 4.78 is 6.97. The van der Waals surface area contributed by atoms with Crippen LogP contribution in [0, 0.1) is 6.92 Å². The topological polar surface area (TPSA) is 27.1 Å². The Balaban J connectivity index is 0.000000396. The van der Waals surface area contributed by atoms with Crippen LogP contribution in [0.4, 0.5) is 0 Å². The lowest BCUT2D eigenvalue weighted by Crippen LogP contribution is -2.31. The van der Waals surface area contributed by atoms with Gasteiger partial charge in [-0.2, -0.15) is 5.10 Å². The number of ether oxygens (including phenoxy) is 1. The van der Waals surface area contributed by atoms with Crippen molar-refractivity contribution in [2.45, 2.75) is 26.8 Å². The van der Waals surface area contributed by atoms with Crippen LogP contribution in [0.1, 0.15) is 25.6 Å². The lowest BCUT2D eigenvalue weighted by atomic mass is 10.2. The molecule has 1 aromatic rings. The van der Waals surface area contributed by atoms with Gasteiger partial charge in [0.1, 0.15) is 0 Å². The highest BCUT2D eigenvalue weighted by Crippen LogP contribution is 2.22. The average molecular weight is 203 g/mol. The molecule has 0 atom stereocenters. The molecule has 1 aromatic heterocycles. The van der Waals surface area contributed by atoms with Crippen molar-refractivity contribution in [3.63, 3.8) is 0 Å². The summed E-state index contributed by atoms with van der Waals surface area (Å²) in [5.74, 6) is 0. The van der Waals surface area contributed by atoms with Gasteiger partial charge < -0.3 is 4.74 Å². The van der Waals surface area contributed by atoms with Crippen LogP contribution < -0.4 is 0 Å². The number of hydrogen-bond donors (Lipinski definition) is 0. The Morgan fingerprint density at radius 1 is 1.54 bits per heavy atom. The van der Waals surface area contributed by atoms with Crippen LogP contribution in [0.3, 0.4) is 0 Å². The van der Waals surface area contributed by atoms with E-state index < -0.39 is 0 Å². The maximum absolute atomic E-state index is 5.83. The van der Waals surface area contributed by atoms with E-state index >= 15 is 0 Å². The predicted molar refractivity (Wildman–Crippen MR) is 53.2 cm³/mol. The molecule has 0 aliphatic carbocycles. The Kier molecular flexibility index (Phi) is 3.75. The lowest BCUT2D eigenvalue weighted by molar-refractivity contribution is -0.0295. The summed E-state index contributed by atoms with van der Waals surface area (Å²) in [6, 6.07) is 0.405. The minimum absolute atomic E-state index is 0.405. The van der Waals surface area contributed by atoms with Crippen molar-refractivity contribution in [2.24, 2.45) is 0 Å². The Morgan fingerprint density at radius 3 is 2.46 bits per heavy atom. The summed E-state index contributed by atoms with van der Waals surface area (Å²) in [5, 5.41) is 4.88. The summed E-state index contributed by atoms with van der Waals surface area (Å²) in [6.07, 6.45) is 1.68. The number of halogens is 1. The second-order valence-electron chi connectivity index (χ2n) is 2.71. The minimum atomic E-state index is 0.405. The zero-order valence-corrected chi connectivity index (χ0v) is 9.01. The van der Waals surface area contributed by atoms with Crippen LogP contribution in [0.2, 0.25) is 5.02 Å². The fraction of sp³-hybridized carbons (Fsp3) is 0.667. The van der Waals surface area contributed by atoms with Gasteiger partial charge in [-0.15, -0.1) is 0 Å². The highest BCUT2D eigenvalue weighted by molar-refractivity contribution is 6.31. The van der Waals surface area contributed by atoms with Crippen molar-refractivity contribution < 1.29 is 4.74 Å². The molecule has 1 fully saturated rings. The molecule has 0 spiro atoms. The van der Waals surface area contributed by atoms with Gasteiger partial charge in [0, 0.05) is 0 Å². The third kappa shape index (κ3) is 2.03. The Morgan fingerprint density at radius 2 is 2.15 bits per heavy atom. The zero-order chi connectivity index (χ0) is 9.84. The fourth-order valence-corrected chi connectivity index (χ4v) is 1.27. The van der Waals surface area contributed by atoms with Gasteiger partial charge in [-0.05, 0) is 6.92 Å². The smallest absolute Gasteiger partial charge is 0.0989 e. The molecule has 1 aliphatic heterocycles. The van der Waals surface area contributed by atoms with Gasteiger partial charge in [0.2, 0.25) is 0 Å². The van der Waals surface area contributed by atoms with E-state index in [4.69, 9.17) is 16.3 Å². The predicted octanol–water partition coefficient (Wildman–Crippen LogP) is 2.44. The minimum Gasteiger partial charge on any atom is -0.377 e. The number of nitrogens with zero attached hydrogens (tertiary/aromatic N) is 2. The molecule has 4 heteroatoms. The molecule has 2 heterocycles. The van der Waals surface area contributed by atoms with Gasteiger partial charge in [0.25, 0.3) is 0 Å². The van der Waals surface area contributed by atoms with Crippen LogP contribution in [-0.4, -0.2) is 23.0 Å². The van der Waals surface area contributed by atoms with Gasteiger partial charge in [-0.1, -0.05) is 25.4 Å². The Bertz CT molecular complexity index is 269. The van der Waals surface area contributed by atoms with E-state index in [9.17, 15) is 0 Å². The number of aromatic nitrogens is 2. The first-order valence-corrected chi connectivity index (χ1v) is 4.94. The highest BCUT2D eigenvalue weighted by Gasteiger charge is 2.22. The zero-order valence-electron chi connectivity index (χ0n) is 8.25. The molecule has 0 amide bonds. The summed E-state index contributed by atoms with van der Waals surface area (Å²) >= 11 is 5.83. The largest absolute Gasteiger partial charge is 0.377 e. The molecule has 74 valence electrons. The van der Waals surface area contributed by atoms with Crippen LogP contribution in [-0.2, 0) is 4.74 Å². The van der Waals surface area contributed by atoms with E-state index in [1.54, 1.807) is 6.20 Å². The first kappa shape index (κ1) is 10.5. The molecule has 0 N–H and O–H groups in total. The van der Waals surface area contributed by atoms with Gasteiger partial charge in [-0.3, -0.25) is 4.68 Å². The third-order valence-electron chi connectivity index (χ3n) is 1.95. The molecule has 0 radical (unpaired) electrons. The molecular weight excluding hydrogens is 188 g/mol. The van der Waals surface area contributed by atoms with E-state index in [1.807, 2.05) is 25.5 Å². The SMILES string of the molecule is CC.Cc1c(Cl)cnn1C1COC1. The molecule has 3 nitrogen and oxygen atoms in total. The molecule has 13 heavy (non-hydrogen) atoms. The second kappa shape index (κ2) is 4.63. The first-order chi connectivity index (χ1) is 6.29. The van der Waals surface area contributed by atoms with Crippen LogP contribution in [0.5, 0.6) is 0 Å². The summed E-state index contributed by atoms with van der Waals surface area (Å²) in [7, 11) is 0. The first-order valence-electron chi connectivity index (χ1n) is 4.56. The number of rotatable bonds is 1. The Hall–Kier alpha value is -0.540. The molecule has 1 aliphatic rings. The normalized spacial score (nSPS) is 16.0. The van der Waals surface area contributed by atoms with Crippen molar-refractivity contribution in [1.82, 2.24) is 9.78 Å². The van der Waals surface area contributed by atoms with Gasteiger partial charge in [0.15, 0.2) is 0 Å². The van der Waals surface area contributed by atoms with Crippen molar-refractivity contribution >= 4 is 11.6 Å². The monoisotopic (exact) mass is 202 g/mol. The summed E-state index contributed by atoms with van der Waals surface area (Å²) in [6.45, 7) is 7.49. The van der Waals surface area contributed by atoms with E-state index in [0.717, 1.165) is 23.9 Å². The number of hydrogen-bond acceptors (Lipinski definition) is 2. The van der Waals surface area contributed by atoms with Crippen molar-refractivity contribution in [2.75, 3.05) is 13.2 Å². The molecule has 0 unspecified atom stereocenters. The van der Waals surface area contributed by atoms with Crippen molar-refractivity contribution in [1.29, 1.82) is 0 Å². The summed E-state index contributed by atoms with van der Waals surface area (Å²) in [4.78, 5) is 0. The van der Waals surface area contributed by atoms with Crippen molar-refractivity contribution in [3.05, 3.63) is 16.9 Å². The van der Waals surface area contributed by atoms with Crippen LogP contribution in [0.25, 0.3) is 0 Å². The van der Waals surface area contributed by atoms with E-state index in [2.05, 4.69) is 5.10 Å². The van der Waals surface area contributed by atoms with Gasteiger partial charge in [0.05, 0.1) is 36.2 Å². The van der Waals surface area contributed by atoms with Gasteiger partial charge in [-0.25, -0.2) is 0 Å². The molecule has 0 aromatic carbocycles. The van der Waals surface area contributed by atoms with Crippen LogP contribution in [0.15, 0.2) is 6.20 Å². The average Bonchev–Trinajstić information content (AvgIpc) is 2.37. The molecule has 2 rings (SSSR count).